The van der Waals surface area contributed by atoms with E-state index in [9.17, 15) is 4.79 Å². The van der Waals surface area contributed by atoms with E-state index in [1.165, 1.54) is 14.2 Å². The van der Waals surface area contributed by atoms with Gasteiger partial charge in [-0.1, -0.05) is 34.6 Å². The predicted molar refractivity (Wildman–Crippen MR) is 98.0 cm³/mol. The standard InChI is InChI=1S/C19H21N3O4/c1-13-8-7-9-15(18(22-25-4)19(23)24-3)16(13)12-26-21-14(2)17-10-5-6-11-20-17/h5-11H,12H2,1-4H3/b21-14+,22-18+. The fourth-order valence-corrected chi connectivity index (χ4v) is 2.32. The third-order valence-corrected chi connectivity index (χ3v) is 3.67. The van der Waals surface area contributed by atoms with Gasteiger partial charge in [0.25, 0.3) is 0 Å². The first kappa shape index (κ1) is 19.1. The lowest BCUT2D eigenvalue weighted by atomic mass is 9.99. The zero-order valence-corrected chi connectivity index (χ0v) is 15.2. The number of methoxy groups -OCH3 is 1. The molecule has 0 saturated carbocycles. The zero-order chi connectivity index (χ0) is 18.9. The van der Waals surface area contributed by atoms with Crippen LogP contribution < -0.4 is 0 Å². The minimum atomic E-state index is -0.591. The molecule has 0 amide bonds. The first-order valence-electron chi connectivity index (χ1n) is 7.94. The molecule has 0 atom stereocenters. The largest absolute Gasteiger partial charge is 0.464 e. The molecular weight excluding hydrogens is 334 g/mol. The van der Waals surface area contributed by atoms with Crippen LogP contribution >= 0.6 is 0 Å². The number of oxime groups is 2. The van der Waals surface area contributed by atoms with Crippen LogP contribution in [0, 0.1) is 6.92 Å². The molecule has 0 unspecified atom stereocenters. The number of aromatic nitrogens is 1. The summed E-state index contributed by atoms with van der Waals surface area (Å²) >= 11 is 0. The van der Waals surface area contributed by atoms with E-state index in [4.69, 9.17) is 14.4 Å². The number of ether oxygens (including phenoxy) is 1. The van der Waals surface area contributed by atoms with Gasteiger partial charge in [-0.2, -0.15) is 0 Å². The lowest BCUT2D eigenvalue weighted by Gasteiger charge is -2.12. The van der Waals surface area contributed by atoms with Crippen molar-refractivity contribution >= 4 is 17.4 Å². The van der Waals surface area contributed by atoms with Crippen molar-refractivity contribution in [1.82, 2.24) is 4.98 Å². The number of carbonyl (C=O) groups is 1. The first-order valence-corrected chi connectivity index (χ1v) is 7.94. The van der Waals surface area contributed by atoms with Crippen LogP contribution in [0.2, 0.25) is 0 Å². The van der Waals surface area contributed by atoms with Gasteiger partial charge in [-0.05, 0) is 31.5 Å². The molecule has 0 bridgehead atoms. The van der Waals surface area contributed by atoms with Gasteiger partial charge in [-0.3, -0.25) is 4.98 Å². The number of rotatable bonds is 7. The molecular formula is C19H21N3O4. The Morgan fingerprint density at radius 1 is 1.12 bits per heavy atom. The monoisotopic (exact) mass is 355 g/mol. The summed E-state index contributed by atoms with van der Waals surface area (Å²) in [6.07, 6.45) is 1.69. The average Bonchev–Trinajstić information content (AvgIpc) is 2.67. The molecule has 0 spiro atoms. The molecule has 0 N–H and O–H groups in total. The summed E-state index contributed by atoms with van der Waals surface area (Å²) in [7, 11) is 2.66. The zero-order valence-electron chi connectivity index (χ0n) is 15.2. The molecule has 136 valence electrons. The van der Waals surface area contributed by atoms with Gasteiger partial charge in [0.2, 0.25) is 0 Å². The molecule has 0 aliphatic carbocycles. The van der Waals surface area contributed by atoms with E-state index in [0.717, 1.165) is 16.8 Å². The van der Waals surface area contributed by atoms with Crippen LogP contribution in [0.25, 0.3) is 0 Å². The van der Waals surface area contributed by atoms with Crippen molar-refractivity contribution in [1.29, 1.82) is 0 Å². The maximum atomic E-state index is 12.0. The highest BCUT2D eigenvalue weighted by molar-refractivity contribution is 6.43. The van der Waals surface area contributed by atoms with Crippen molar-refractivity contribution in [3.8, 4) is 0 Å². The molecule has 2 aromatic rings. The van der Waals surface area contributed by atoms with Crippen molar-refractivity contribution in [2.45, 2.75) is 20.5 Å². The van der Waals surface area contributed by atoms with Gasteiger partial charge < -0.3 is 14.4 Å². The lowest BCUT2D eigenvalue weighted by Crippen LogP contribution is -2.20. The second-order valence-corrected chi connectivity index (χ2v) is 5.38. The van der Waals surface area contributed by atoms with Crippen LogP contribution in [0.1, 0.15) is 29.3 Å². The van der Waals surface area contributed by atoms with E-state index in [-0.39, 0.29) is 12.3 Å². The number of carbonyl (C=O) groups excluding carboxylic acids is 1. The van der Waals surface area contributed by atoms with Crippen LogP contribution in [-0.4, -0.2) is 36.6 Å². The fourth-order valence-electron chi connectivity index (χ4n) is 2.32. The summed E-state index contributed by atoms with van der Waals surface area (Å²) in [6.45, 7) is 3.89. The van der Waals surface area contributed by atoms with Crippen molar-refractivity contribution in [3.05, 3.63) is 65.0 Å². The molecule has 7 heteroatoms. The topological polar surface area (TPSA) is 82.4 Å². The summed E-state index contributed by atoms with van der Waals surface area (Å²) < 4.78 is 4.79. The Morgan fingerprint density at radius 2 is 1.92 bits per heavy atom. The van der Waals surface area contributed by atoms with E-state index in [0.29, 0.717) is 11.3 Å². The van der Waals surface area contributed by atoms with Crippen molar-refractivity contribution in [2.75, 3.05) is 14.2 Å². The Balaban J connectivity index is 2.27. The highest BCUT2D eigenvalue weighted by atomic mass is 16.6. The quantitative estimate of drug-likeness (QED) is 0.433. The smallest absolute Gasteiger partial charge is 0.360 e. The van der Waals surface area contributed by atoms with Crippen LogP contribution in [0.4, 0.5) is 0 Å². The van der Waals surface area contributed by atoms with Crippen LogP contribution in [0.3, 0.4) is 0 Å². The van der Waals surface area contributed by atoms with E-state index in [1.807, 2.05) is 44.2 Å². The minimum Gasteiger partial charge on any atom is -0.464 e. The van der Waals surface area contributed by atoms with E-state index in [2.05, 4.69) is 15.3 Å². The fraction of sp³-hybridized carbons (Fsp3) is 0.263. The van der Waals surface area contributed by atoms with Gasteiger partial charge in [-0.25, -0.2) is 4.79 Å². The molecule has 0 radical (unpaired) electrons. The number of hydrogen-bond acceptors (Lipinski definition) is 7. The SMILES string of the molecule is CO/N=C(/C(=O)OC)c1cccc(C)c1CO/N=C(\C)c1ccccn1. The normalized spacial score (nSPS) is 11.8. The number of benzene rings is 1. The third-order valence-electron chi connectivity index (χ3n) is 3.67. The van der Waals surface area contributed by atoms with Gasteiger partial charge in [0.1, 0.15) is 19.4 Å². The van der Waals surface area contributed by atoms with Crippen LogP contribution in [-0.2, 0) is 25.8 Å². The Bertz CT molecular complexity index is 817. The predicted octanol–water partition coefficient (Wildman–Crippen LogP) is 2.85. The van der Waals surface area contributed by atoms with Gasteiger partial charge in [0.05, 0.1) is 12.8 Å². The van der Waals surface area contributed by atoms with Gasteiger partial charge in [-0.15, -0.1) is 0 Å². The number of nitrogens with zero attached hydrogens (tertiary/aromatic N) is 3. The third kappa shape index (κ3) is 4.66. The van der Waals surface area contributed by atoms with Gasteiger partial charge in [0.15, 0.2) is 5.71 Å². The Hall–Kier alpha value is -3.22. The van der Waals surface area contributed by atoms with Crippen molar-refractivity contribution in [3.63, 3.8) is 0 Å². The summed E-state index contributed by atoms with van der Waals surface area (Å²) in [6, 6.07) is 11.1. The minimum absolute atomic E-state index is 0.0720. The summed E-state index contributed by atoms with van der Waals surface area (Å²) in [5, 5.41) is 7.91. The van der Waals surface area contributed by atoms with E-state index < -0.39 is 5.97 Å². The Labute approximate surface area is 152 Å². The average molecular weight is 355 g/mol. The van der Waals surface area contributed by atoms with E-state index in [1.54, 1.807) is 12.3 Å². The molecule has 1 aromatic heterocycles. The highest BCUT2D eigenvalue weighted by Gasteiger charge is 2.20. The second-order valence-electron chi connectivity index (χ2n) is 5.38. The number of hydrogen-bond donors (Lipinski definition) is 0. The highest BCUT2D eigenvalue weighted by Crippen LogP contribution is 2.18. The molecule has 0 aliphatic rings. The van der Waals surface area contributed by atoms with E-state index >= 15 is 0 Å². The molecule has 0 aliphatic heterocycles. The summed E-state index contributed by atoms with van der Waals surface area (Å²) in [5.74, 6) is -0.591. The number of aryl methyl sites for hydroxylation is 1. The van der Waals surface area contributed by atoms with Gasteiger partial charge >= 0.3 is 5.97 Å². The number of pyridine rings is 1. The van der Waals surface area contributed by atoms with Crippen LogP contribution in [0.15, 0.2) is 52.9 Å². The molecule has 2 rings (SSSR count). The van der Waals surface area contributed by atoms with Crippen molar-refractivity contribution < 1.29 is 19.2 Å². The first-order chi connectivity index (χ1) is 12.6. The van der Waals surface area contributed by atoms with Crippen LogP contribution in [0.5, 0.6) is 0 Å². The van der Waals surface area contributed by atoms with Crippen molar-refractivity contribution in [2.24, 2.45) is 10.3 Å². The Morgan fingerprint density at radius 3 is 2.58 bits per heavy atom. The summed E-state index contributed by atoms with van der Waals surface area (Å²) in [5.41, 5.74) is 3.73. The number of esters is 1. The molecule has 1 aromatic carbocycles. The molecule has 26 heavy (non-hydrogen) atoms. The Kier molecular flexibility index (Phi) is 6.84. The molecule has 0 saturated heterocycles. The maximum Gasteiger partial charge on any atom is 0.360 e. The maximum absolute atomic E-state index is 12.0. The molecule has 0 fully saturated rings. The second kappa shape index (κ2) is 9.31. The molecule has 7 nitrogen and oxygen atoms in total. The lowest BCUT2D eigenvalue weighted by molar-refractivity contribution is -0.132. The molecule has 1 heterocycles. The van der Waals surface area contributed by atoms with Gasteiger partial charge in [0, 0.05) is 17.3 Å². The summed E-state index contributed by atoms with van der Waals surface area (Å²) in [4.78, 5) is 26.5.